The zero-order valence-corrected chi connectivity index (χ0v) is 16.6. The molecular formula is C17H23F3N2O6S. The fourth-order valence-electron chi connectivity index (χ4n) is 3.25. The monoisotopic (exact) mass is 440 g/mol. The molecule has 0 radical (unpaired) electrons. The zero-order valence-electron chi connectivity index (χ0n) is 15.8. The molecule has 0 bridgehead atoms. The lowest BCUT2D eigenvalue weighted by molar-refractivity contribution is -0.192. The van der Waals surface area contributed by atoms with Crippen LogP contribution in [-0.4, -0.2) is 73.6 Å². The first kappa shape index (κ1) is 23.4. The number of ether oxygens (including phenoxy) is 2. The van der Waals surface area contributed by atoms with Crippen molar-refractivity contribution < 1.29 is 41.0 Å². The molecule has 2 saturated heterocycles. The van der Waals surface area contributed by atoms with E-state index in [9.17, 15) is 21.6 Å². The first-order valence-corrected chi connectivity index (χ1v) is 10.7. The minimum absolute atomic E-state index is 0.0618. The molecule has 2 fully saturated rings. The summed E-state index contributed by atoms with van der Waals surface area (Å²) in [6.45, 7) is 2.38. The topological polar surface area (TPSA) is 106 Å². The number of hydrogen-bond acceptors (Lipinski definition) is 6. The Bertz CT molecular complexity index is 780. The third-order valence-electron chi connectivity index (χ3n) is 4.84. The number of piperidine rings is 1. The maximum Gasteiger partial charge on any atom is 0.490 e. The molecule has 3 heterocycles. The molecule has 0 amide bonds. The number of carboxylic acids is 1. The van der Waals surface area contributed by atoms with Crippen LogP contribution in [0.4, 0.5) is 13.2 Å². The van der Waals surface area contributed by atoms with Crippen LogP contribution < -0.4 is 4.74 Å². The van der Waals surface area contributed by atoms with E-state index in [1.165, 1.54) is 6.26 Å². The predicted molar refractivity (Wildman–Crippen MR) is 95.9 cm³/mol. The van der Waals surface area contributed by atoms with Gasteiger partial charge in [-0.05, 0) is 30.7 Å². The Labute approximate surface area is 166 Å². The molecule has 2 aliphatic rings. The lowest BCUT2D eigenvalue weighted by Gasteiger charge is -2.37. The Morgan fingerprint density at radius 1 is 1.38 bits per heavy atom. The lowest BCUT2D eigenvalue weighted by Crippen LogP contribution is -2.43. The van der Waals surface area contributed by atoms with Crippen molar-refractivity contribution in [3.63, 3.8) is 0 Å². The quantitative estimate of drug-likeness (QED) is 0.763. The number of aromatic nitrogens is 1. The molecule has 1 spiro atoms. The van der Waals surface area contributed by atoms with Crippen LogP contribution in [0.5, 0.6) is 5.88 Å². The van der Waals surface area contributed by atoms with Gasteiger partial charge in [-0.2, -0.15) is 13.2 Å². The second-order valence-corrected chi connectivity index (χ2v) is 9.06. The third kappa shape index (κ3) is 7.12. The summed E-state index contributed by atoms with van der Waals surface area (Å²) in [5.41, 5.74) is 0.110. The molecular weight excluding hydrogens is 417 g/mol. The largest absolute Gasteiger partial charge is 0.490 e. The highest BCUT2D eigenvalue weighted by Gasteiger charge is 2.43. The highest BCUT2D eigenvalue weighted by Crippen LogP contribution is 2.42. The highest BCUT2D eigenvalue weighted by molar-refractivity contribution is 7.88. The van der Waals surface area contributed by atoms with Crippen LogP contribution in [0.3, 0.4) is 0 Å². The number of alkyl halides is 3. The van der Waals surface area contributed by atoms with Crippen LogP contribution in [0, 0.1) is 5.41 Å². The molecule has 0 aromatic carbocycles. The van der Waals surface area contributed by atoms with Crippen LogP contribution in [0.15, 0.2) is 24.4 Å². The van der Waals surface area contributed by atoms with Crippen molar-refractivity contribution in [3.05, 3.63) is 24.4 Å². The maximum absolute atomic E-state index is 11.6. The van der Waals surface area contributed by atoms with Gasteiger partial charge in [0.15, 0.2) is 0 Å². The molecule has 12 heteroatoms. The van der Waals surface area contributed by atoms with Crippen molar-refractivity contribution in [2.45, 2.75) is 31.5 Å². The first-order chi connectivity index (χ1) is 13.4. The lowest BCUT2D eigenvalue weighted by atomic mass is 9.77. The molecule has 0 aliphatic carbocycles. The molecule has 2 aliphatic heterocycles. The van der Waals surface area contributed by atoms with Crippen molar-refractivity contribution in [1.82, 2.24) is 9.29 Å². The number of carboxylic acid groups (broad SMARTS) is 1. The minimum Gasteiger partial charge on any atom is -0.475 e. The Balaban J connectivity index is 0.000000370. The normalized spacial score (nSPS) is 22.0. The van der Waals surface area contributed by atoms with Gasteiger partial charge < -0.3 is 14.6 Å². The Morgan fingerprint density at radius 2 is 2.00 bits per heavy atom. The van der Waals surface area contributed by atoms with E-state index in [4.69, 9.17) is 19.4 Å². The molecule has 1 atom stereocenters. The van der Waals surface area contributed by atoms with E-state index >= 15 is 0 Å². The summed E-state index contributed by atoms with van der Waals surface area (Å²) in [6, 6.07) is 5.57. The second kappa shape index (κ2) is 9.26. The predicted octanol–water partition coefficient (Wildman–Crippen LogP) is 1.92. The third-order valence-corrected chi connectivity index (χ3v) is 6.14. The van der Waals surface area contributed by atoms with E-state index < -0.39 is 22.2 Å². The molecule has 1 N–H and O–H groups in total. The minimum atomic E-state index is -5.08. The zero-order chi connectivity index (χ0) is 21.7. The Hall–Kier alpha value is -1.92. The summed E-state index contributed by atoms with van der Waals surface area (Å²) in [7, 11) is -3.07. The Kier molecular flexibility index (Phi) is 7.46. The number of aliphatic carboxylic acids is 1. The Morgan fingerprint density at radius 3 is 2.48 bits per heavy atom. The average Bonchev–Trinajstić information content (AvgIpc) is 3.03. The highest BCUT2D eigenvalue weighted by atomic mass is 32.2. The molecule has 1 unspecified atom stereocenters. The van der Waals surface area contributed by atoms with Crippen LogP contribution >= 0.6 is 0 Å². The number of hydrogen-bond donors (Lipinski definition) is 1. The van der Waals surface area contributed by atoms with Gasteiger partial charge in [0.05, 0.1) is 19.0 Å². The number of sulfonamides is 1. The van der Waals surface area contributed by atoms with E-state index in [0.29, 0.717) is 32.2 Å². The summed E-state index contributed by atoms with van der Waals surface area (Å²) in [5, 5.41) is 7.12. The SMILES string of the molecule is CS(=O)(=O)N1CCC2(CC1)COC(COc1ccccn1)C2.O=C(O)C(F)(F)F. The smallest absolute Gasteiger partial charge is 0.475 e. The summed E-state index contributed by atoms with van der Waals surface area (Å²) in [4.78, 5) is 13.0. The summed E-state index contributed by atoms with van der Waals surface area (Å²) in [5.74, 6) is -2.15. The summed E-state index contributed by atoms with van der Waals surface area (Å²) >= 11 is 0. The summed E-state index contributed by atoms with van der Waals surface area (Å²) in [6.07, 6.45) is 0.608. The van der Waals surface area contributed by atoms with Gasteiger partial charge in [0.2, 0.25) is 15.9 Å². The number of halogens is 3. The van der Waals surface area contributed by atoms with Gasteiger partial charge in [0.1, 0.15) is 6.61 Å². The van der Waals surface area contributed by atoms with Crippen LogP contribution in [0.1, 0.15) is 19.3 Å². The van der Waals surface area contributed by atoms with Crippen molar-refractivity contribution in [2.24, 2.45) is 5.41 Å². The van der Waals surface area contributed by atoms with E-state index in [2.05, 4.69) is 4.98 Å². The maximum atomic E-state index is 11.6. The fraction of sp³-hybridized carbons (Fsp3) is 0.647. The molecule has 164 valence electrons. The van der Waals surface area contributed by atoms with Crippen LogP contribution in [-0.2, 0) is 19.6 Å². The summed E-state index contributed by atoms with van der Waals surface area (Å²) < 4.78 is 68.0. The van der Waals surface area contributed by atoms with E-state index in [1.807, 2.05) is 18.2 Å². The molecule has 29 heavy (non-hydrogen) atoms. The molecule has 3 rings (SSSR count). The van der Waals surface area contributed by atoms with Crippen molar-refractivity contribution >= 4 is 16.0 Å². The molecule has 1 aromatic rings. The van der Waals surface area contributed by atoms with E-state index in [0.717, 1.165) is 19.3 Å². The van der Waals surface area contributed by atoms with Crippen molar-refractivity contribution in [2.75, 3.05) is 32.6 Å². The van der Waals surface area contributed by atoms with Gasteiger partial charge in [-0.3, -0.25) is 0 Å². The van der Waals surface area contributed by atoms with Gasteiger partial charge in [0.25, 0.3) is 0 Å². The van der Waals surface area contributed by atoms with Crippen molar-refractivity contribution in [1.29, 1.82) is 0 Å². The van der Waals surface area contributed by atoms with Crippen molar-refractivity contribution in [3.8, 4) is 5.88 Å². The first-order valence-electron chi connectivity index (χ1n) is 8.82. The number of nitrogens with zero attached hydrogens (tertiary/aromatic N) is 2. The standard InChI is InChI=1S/C15H22N2O4S.C2HF3O2/c1-22(18,19)17-8-5-15(6-9-17)10-13(21-12-15)11-20-14-4-2-3-7-16-14;3-2(4,5)1(6)7/h2-4,7,13H,5-6,8-12H2,1H3;(H,6,7). The molecule has 0 saturated carbocycles. The molecule has 1 aromatic heterocycles. The number of rotatable bonds is 4. The van der Waals surface area contributed by atoms with E-state index in [-0.39, 0.29) is 11.5 Å². The number of carbonyl (C=O) groups is 1. The van der Waals surface area contributed by atoms with Crippen LogP contribution in [0.25, 0.3) is 0 Å². The van der Waals surface area contributed by atoms with Crippen LogP contribution in [0.2, 0.25) is 0 Å². The molecule has 8 nitrogen and oxygen atoms in total. The fourth-order valence-corrected chi connectivity index (χ4v) is 4.10. The van der Waals surface area contributed by atoms with Gasteiger partial charge in [-0.25, -0.2) is 22.5 Å². The van der Waals surface area contributed by atoms with Gasteiger partial charge in [0, 0.05) is 25.4 Å². The number of pyridine rings is 1. The van der Waals surface area contributed by atoms with Gasteiger partial charge in [-0.1, -0.05) is 6.07 Å². The van der Waals surface area contributed by atoms with Gasteiger partial charge in [-0.15, -0.1) is 0 Å². The average molecular weight is 440 g/mol. The second-order valence-electron chi connectivity index (χ2n) is 7.08. The van der Waals surface area contributed by atoms with Gasteiger partial charge >= 0.3 is 12.1 Å². The van der Waals surface area contributed by atoms with E-state index in [1.54, 1.807) is 10.5 Å².